The topological polar surface area (TPSA) is 32.3 Å². The Balaban J connectivity index is 1.27. The van der Waals surface area contributed by atoms with Crippen molar-refractivity contribution in [1.82, 2.24) is 10.2 Å². The SMILES string of the molecule is O=C(C[C@@H]1CC2(CCN(Cc3ccsc3)CC2)c2ccccc21)NC1CCC1. The Morgan fingerprint density at radius 2 is 2.00 bits per heavy atom. The summed E-state index contributed by atoms with van der Waals surface area (Å²) in [5, 5.41) is 7.69. The average Bonchev–Trinajstić information content (AvgIpc) is 3.28. The number of rotatable bonds is 5. The van der Waals surface area contributed by atoms with Crippen molar-refractivity contribution in [3.05, 3.63) is 57.8 Å². The fourth-order valence-electron chi connectivity index (χ4n) is 5.53. The number of carbonyl (C=O) groups excluding carboxylic acids is 1. The second kappa shape index (κ2) is 7.64. The average molecular weight is 395 g/mol. The first-order valence-corrected chi connectivity index (χ1v) is 11.8. The van der Waals surface area contributed by atoms with E-state index in [-0.39, 0.29) is 11.3 Å². The Morgan fingerprint density at radius 1 is 1.18 bits per heavy atom. The van der Waals surface area contributed by atoms with E-state index in [1.807, 2.05) is 0 Å². The van der Waals surface area contributed by atoms with Crippen LogP contribution in [-0.2, 0) is 16.8 Å². The predicted molar refractivity (Wildman–Crippen MR) is 115 cm³/mol. The molecule has 5 rings (SSSR count). The van der Waals surface area contributed by atoms with Gasteiger partial charge in [-0.25, -0.2) is 0 Å². The standard InChI is InChI=1S/C24H30N2OS/c27-23(25-20-4-3-5-20)14-19-15-24(22-7-2-1-6-21(19)22)9-11-26(12-10-24)16-18-8-13-28-17-18/h1-2,6-8,13,17,19-20H,3-5,9-12,14-16H2,(H,25,27)/t19-/m1/s1. The van der Waals surface area contributed by atoms with Gasteiger partial charge in [-0.2, -0.15) is 11.3 Å². The lowest BCUT2D eigenvalue weighted by atomic mass is 9.73. The number of benzene rings is 1. The van der Waals surface area contributed by atoms with Crippen molar-refractivity contribution >= 4 is 17.2 Å². The fourth-order valence-corrected chi connectivity index (χ4v) is 6.19. The van der Waals surface area contributed by atoms with Crippen LogP contribution in [0, 0.1) is 0 Å². The van der Waals surface area contributed by atoms with Gasteiger partial charge in [0.05, 0.1) is 0 Å². The molecule has 1 spiro atoms. The number of carbonyl (C=O) groups is 1. The molecule has 4 heteroatoms. The number of fused-ring (bicyclic) bond motifs is 2. The van der Waals surface area contributed by atoms with Crippen LogP contribution in [0.5, 0.6) is 0 Å². The first kappa shape index (κ1) is 18.4. The molecule has 2 aliphatic carbocycles. The van der Waals surface area contributed by atoms with Gasteiger partial charge in [-0.3, -0.25) is 9.69 Å². The van der Waals surface area contributed by atoms with Crippen LogP contribution >= 0.6 is 11.3 Å². The Kier molecular flexibility index (Phi) is 5.02. The van der Waals surface area contributed by atoms with Crippen LogP contribution in [0.15, 0.2) is 41.1 Å². The Hall–Kier alpha value is -1.65. The van der Waals surface area contributed by atoms with Crippen molar-refractivity contribution < 1.29 is 4.79 Å². The molecule has 1 amide bonds. The van der Waals surface area contributed by atoms with Crippen molar-refractivity contribution in [2.45, 2.75) is 68.9 Å². The van der Waals surface area contributed by atoms with Gasteiger partial charge in [0.25, 0.3) is 0 Å². The molecule has 1 saturated heterocycles. The second-order valence-electron chi connectivity index (χ2n) is 9.08. The molecular weight excluding hydrogens is 364 g/mol. The van der Waals surface area contributed by atoms with Gasteiger partial charge in [-0.1, -0.05) is 24.3 Å². The van der Waals surface area contributed by atoms with Crippen LogP contribution in [0.1, 0.15) is 67.6 Å². The van der Waals surface area contributed by atoms with Crippen LogP contribution in [0.3, 0.4) is 0 Å². The number of nitrogens with one attached hydrogen (secondary N) is 1. The monoisotopic (exact) mass is 394 g/mol. The molecule has 2 heterocycles. The summed E-state index contributed by atoms with van der Waals surface area (Å²) < 4.78 is 0. The molecule has 0 unspecified atom stereocenters. The Labute approximate surface area is 172 Å². The molecule has 148 valence electrons. The third-order valence-electron chi connectivity index (χ3n) is 7.31. The summed E-state index contributed by atoms with van der Waals surface area (Å²) in [5.41, 5.74) is 4.70. The third kappa shape index (κ3) is 3.53. The van der Waals surface area contributed by atoms with Gasteiger partial charge in [0.15, 0.2) is 0 Å². The molecule has 28 heavy (non-hydrogen) atoms. The molecule has 3 nitrogen and oxygen atoms in total. The zero-order valence-corrected chi connectivity index (χ0v) is 17.3. The second-order valence-corrected chi connectivity index (χ2v) is 9.86. The highest BCUT2D eigenvalue weighted by atomic mass is 32.1. The van der Waals surface area contributed by atoms with Gasteiger partial charge in [0.1, 0.15) is 0 Å². The summed E-state index contributed by atoms with van der Waals surface area (Å²) in [5.74, 6) is 0.649. The lowest BCUT2D eigenvalue weighted by molar-refractivity contribution is -0.122. The summed E-state index contributed by atoms with van der Waals surface area (Å²) in [6.07, 6.45) is 7.84. The quantitative estimate of drug-likeness (QED) is 0.788. The van der Waals surface area contributed by atoms with E-state index in [1.54, 1.807) is 11.3 Å². The molecule has 1 N–H and O–H groups in total. The summed E-state index contributed by atoms with van der Waals surface area (Å²) in [7, 11) is 0. The summed E-state index contributed by atoms with van der Waals surface area (Å²) in [6.45, 7) is 3.39. The van der Waals surface area contributed by atoms with Crippen LogP contribution in [0.4, 0.5) is 0 Å². The molecule has 1 atom stereocenters. The minimum absolute atomic E-state index is 0.261. The summed E-state index contributed by atoms with van der Waals surface area (Å²) in [6, 6.07) is 11.7. The van der Waals surface area contributed by atoms with Crippen LogP contribution < -0.4 is 5.32 Å². The molecule has 2 aromatic rings. The maximum Gasteiger partial charge on any atom is 0.220 e. The minimum Gasteiger partial charge on any atom is -0.353 e. The van der Waals surface area contributed by atoms with Crippen molar-refractivity contribution in [1.29, 1.82) is 0 Å². The zero-order chi connectivity index (χ0) is 19.0. The number of hydrogen-bond donors (Lipinski definition) is 1. The highest BCUT2D eigenvalue weighted by molar-refractivity contribution is 7.07. The number of thiophene rings is 1. The lowest BCUT2D eigenvalue weighted by Gasteiger charge is -2.40. The fraction of sp³-hybridized carbons (Fsp3) is 0.542. The Bertz CT molecular complexity index is 819. The molecule has 1 aliphatic heterocycles. The van der Waals surface area contributed by atoms with Crippen LogP contribution in [-0.4, -0.2) is 29.9 Å². The lowest BCUT2D eigenvalue weighted by Crippen LogP contribution is -2.41. The van der Waals surface area contributed by atoms with E-state index in [2.05, 4.69) is 51.3 Å². The summed E-state index contributed by atoms with van der Waals surface area (Å²) >= 11 is 1.79. The van der Waals surface area contributed by atoms with Gasteiger partial charge in [0, 0.05) is 19.0 Å². The molecule has 3 aliphatic rings. The van der Waals surface area contributed by atoms with Gasteiger partial charge < -0.3 is 5.32 Å². The van der Waals surface area contributed by atoms with Gasteiger partial charge in [-0.05, 0) is 96.5 Å². The van der Waals surface area contributed by atoms with Crippen molar-refractivity contribution in [3.63, 3.8) is 0 Å². The predicted octanol–water partition coefficient (Wildman–Crippen LogP) is 4.83. The first-order chi connectivity index (χ1) is 13.7. The first-order valence-electron chi connectivity index (χ1n) is 10.8. The van der Waals surface area contributed by atoms with E-state index in [1.165, 1.54) is 36.0 Å². The number of hydrogen-bond acceptors (Lipinski definition) is 3. The van der Waals surface area contributed by atoms with E-state index in [0.717, 1.165) is 38.9 Å². The van der Waals surface area contributed by atoms with E-state index >= 15 is 0 Å². The largest absolute Gasteiger partial charge is 0.353 e. The molecule has 1 aromatic heterocycles. The maximum atomic E-state index is 12.6. The van der Waals surface area contributed by atoms with E-state index < -0.39 is 0 Å². The van der Waals surface area contributed by atoms with Gasteiger partial charge in [0.2, 0.25) is 5.91 Å². The molecule has 0 bridgehead atoms. The highest BCUT2D eigenvalue weighted by Crippen LogP contribution is 2.52. The maximum absolute atomic E-state index is 12.6. The molecule has 2 fully saturated rings. The molecule has 1 aromatic carbocycles. The Morgan fingerprint density at radius 3 is 2.71 bits per heavy atom. The van der Waals surface area contributed by atoms with Gasteiger partial charge in [-0.15, -0.1) is 0 Å². The number of amides is 1. The van der Waals surface area contributed by atoms with E-state index in [9.17, 15) is 4.79 Å². The molecule has 0 radical (unpaired) electrons. The number of piperidine rings is 1. The molecule has 1 saturated carbocycles. The smallest absolute Gasteiger partial charge is 0.220 e. The van der Waals surface area contributed by atoms with Crippen molar-refractivity contribution in [2.75, 3.05) is 13.1 Å². The number of nitrogens with zero attached hydrogens (tertiary/aromatic N) is 1. The minimum atomic E-state index is 0.261. The number of likely N-dealkylation sites (tertiary alicyclic amines) is 1. The summed E-state index contributed by atoms with van der Waals surface area (Å²) in [4.78, 5) is 15.2. The van der Waals surface area contributed by atoms with Crippen molar-refractivity contribution in [3.8, 4) is 0 Å². The van der Waals surface area contributed by atoms with E-state index in [4.69, 9.17) is 0 Å². The van der Waals surface area contributed by atoms with Crippen LogP contribution in [0.2, 0.25) is 0 Å². The van der Waals surface area contributed by atoms with Crippen LogP contribution in [0.25, 0.3) is 0 Å². The molecular formula is C24H30N2OS. The third-order valence-corrected chi connectivity index (χ3v) is 8.04. The van der Waals surface area contributed by atoms with Gasteiger partial charge >= 0.3 is 0 Å². The zero-order valence-electron chi connectivity index (χ0n) is 16.5. The van der Waals surface area contributed by atoms with Crippen molar-refractivity contribution in [2.24, 2.45) is 0 Å². The highest BCUT2D eigenvalue weighted by Gasteiger charge is 2.45. The van der Waals surface area contributed by atoms with E-state index in [0.29, 0.717) is 18.4 Å². The normalized spacial score (nSPS) is 24.1.